The topological polar surface area (TPSA) is 62.0 Å². The Balaban J connectivity index is 1.40. The van der Waals surface area contributed by atoms with Gasteiger partial charge in [0.1, 0.15) is 5.75 Å². The first-order chi connectivity index (χ1) is 12.4. The molecule has 0 saturated carbocycles. The highest BCUT2D eigenvalue weighted by atomic mass is 16.5. The van der Waals surface area contributed by atoms with Gasteiger partial charge in [-0.05, 0) is 49.5 Å². The number of H-pyrrole nitrogens is 1. The van der Waals surface area contributed by atoms with E-state index in [0.29, 0.717) is 5.92 Å². The summed E-state index contributed by atoms with van der Waals surface area (Å²) in [5.74, 6) is 2.44. The van der Waals surface area contributed by atoms with Crippen LogP contribution in [0.5, 0.6) is 5.75 Å². The van der Waals surface area contributed by atoms with Crippen molar-refractivity contribution >= 4 is 16.7 Å². The van der Waals surface area contributed by atoms with Gasteiger partial charge in [-0.25, -0.2) is 0 Å². The quantitative estimate of drug-likeness (QED) is 0.644. The van der Waals surface area contributed by atoms with E-state index in [0.717, 1.165) is 48.7 Å². The van der Waals surface area contributed by atoms with Gasteiger partial charge in [-0.2, -0.15) is 5.10 Å². The fourth-order valence-corrected chi connectivity index (χ4v) is 3.27. The predicted octanol–water partition coefficient (Wildman–Crippen LogP) is 3.55. The summed E-state index contributed by atoms with van der Waals surface area (Å²) in [7, 11) is 0. The van der Waals surface area contributed by atoms with Crippen LogP contribution in [0.15, 0.2) is 48.5 Å². The molecule has 3 aromatic rings. The van der Waals surface area contributed by atoms with Crippen LogP contribution in [0.25, 0.3) is 10.9 Å². The van der Waals surface area contributed by atoms with E-state index < -0.39 is 0 Å². The second-order valence-corrected chi connectivity index (χ2v) is 6.62. The van der Waals surface area contributed by atoms with Crippen LogP contribution < -0.4 is 15.4 Å². The maximum absolute atomic E-state index is 6.00. The lowest BCUT2D eigenvalue weighted by atomic mass is 9.99. The first-order valence-electron chi connectivity index (χ1n) is 8.98. The van der Waals surface area contributed by atoms with Crippen LogP contribution >= 0.6 is 0 Å². The summed E-state index contributed by atoms with van der Waals surface area (Å²) >= 11 is 0. The maximum Gasteiger partial charge on any atom is 0.155 e. The lowest BCUT2D eigenvalue weighted by Crippen LogP contribution is -2.30. The van der Waals surface area contributed by atoms with Crippen LogP contribution in [0.3, 0.4) is 0 Å². The van der Waals surface area contributed by atoms with Crippen molar-refractivity contribution in [2.45, 2.75) is 19.4 Å². The van der Waals surface area contributed by atoms with Crippen molar-refractivity contribution in [3.05, 3.63) is 54.1 Å². The fourth-order valence-electron chi connectivity index (χ4n) is 3.27. The van der Waals surface area contributed by atoms with E-state index in [1.54, 1.807) is 0 Å². The molecule has 130 valence electrons. The molecule has 0 amide bonds. The predicted molar refractivity (Wildman–Crippen MR) is 101 cm³/mol. The third kappa shape index (κ3) is 3.94. The van der Waals surface area contributed by atoms with Gasteiger partial charge in [-0.3, -0.25) is 5.10 Å². The zero-order valence-electron chi connectivity index (χ0n) is 14.3. The van der Waals surface area contributed by atoms with Crippen molar-refractivity contribution < 1.29 is 4.74 Å². The smallest absolute Gasteiger partial charge is 0.155 e. The number of anilines is 1. The second kappa shape index (κ2) is 7.57. The highest BCUT2D eigenvalue weighted by Crippen LogP contribution is 2.26. The standard InChI is InChI=1S/C20H24N4O/c1-2-4-15(5-3-1)13-22-20-18-7-6-17(12-19(18)23-24-20)25-14-16-8-10-21-11-9-16/h1-7,12,16,21H,8-11,13-14H2,(H2,22,23,24). The molecule has 1 aliphatic rings. The molecule has 2 heterocycles. The number of rotatable bonds is 6. The van der Waals surface area contributed by atoms with Gasteiger partial charge < -0.3 is 15.4 Å². The number of nitrogens with zero attached hydrogens (tertiary/aromatic N) is 1. The van der Waals surface area contributed by atoms with Gasteiger partial charge >= 0.3 is 0 Å². The van der Waals surface area contributed by atoms with Gasteiger partial charge in [0.25, 0.3) is 0 Å². The van der Waals surface area contributed by atoms with Crippen molar-refractivity contribution in [1.82, 2.24) is 15.5 Å². The van der Waals surface area contributed by atoms with Gasteiger partial charge in [0.15, 0.2) is 5.82 Å². The van der Waals surface area contributed by atoms with Crippen LogP contribution in [0.4, 0.5) is 5.82 Å². The van der Waals surface area contributed by atoms with E-state index in [1.807, 2.05) is 30.3 Å². The number of hydrogen-bond donors (Lipinski definition) is 3. The summed E-state index contributed by atoms with van der Waals surface area (Å²) in [5.41, 5.74) is 2.24. The molecule has 1 aromatic heterocycles. The Morgan fingerprint density at radius 3 is 2.76 bits per heavy atom. The number of hydrogen-bond acceptors (Lipinski definition) is 4. The first kappa shape index (κ1) is 16.0. The number of aromatic amines is 1. The zero-order chi connectivity index (χ0) is 16.9. The largest absolute Gasteiger partial charge is 0.493 e. The Bertz CT molecular complexity index is 809. The number of fused-ring (bicyclic) bond motifs is 1. The molecule has 0 unspecified atom stereocenters. The van der Waals surface area contributed by atoms with Crippen LogP contribution in [-0.2, 0) is 6.54 Å². The lowest BCUT2D eigenvalue weighted by molar-refractivity contribution is 0.215. The molecular weight excluding hydrogens is 312 g/mol. The zero-order valence-corrected chi connectivity index (χ0v) is 14.3. The SMILES string of the molecule is c1ccc(CNc2n[nH]c3cc(OCC4CCNCC4)ccc23)cc1. The van der Waals surface area contributed by atoms with Crippen LogP contribution in [0, 0.1) is 5.92 Å². The first-order valence-corrected chi connectivity index (χ1v) is 8.98. The van der Waals surface area contributed by atoms with E-state index in [4.69, 9.17) is 4.74 Å². The second-order valence-electron chi connectivity index (χ2n) is 6.62. The minimum atomic E-state index is 0.654. The van der Waals surface area contributed by atoms with Crippen LogP contribution in [0.2, 0.25) is 0 Å². The normalized spacial score (nSPS) is 15.4. The molecule has 0 radical (unpaired) electrons. The highest BCUT2D eigenvalue weighted by molar-refractivity contribution is 5.90. The summed E-state index contributed by atoms with van der Waals surface area (Å²) in [6.45, 7) is 3.75. The van der Waals surface area contributed by atoms with Crippen molar-refractivity contribution in [2.24, 2.45) is 5.92 Å². The Morgan fingerprint density at radius 2 is 1.92 bits per heavy atom. The van der Waals surface area contributed by atoms with Crippen molar-refractivity contribution in [3.8, 4) is 5.75 Å². The molecule has 1 saturated heterocycles. The minimum Gasteiger partial charge on any atom is -0.493 e. The summed E-state index contributed by atoms with van der Waals surface area (Å²) in [5, 5.41) is 15.4. The molecule has 0 spiro atoms. The van der Waals surface area contributed by atoms with Gasteiger partial charge in [-0.1, -0.05) is 30.3 Å². The van der Waals surface area contributed by atoms with E-state index in [1.165, 1.54) is 18.4 Å². The molecule has 25 heavy (non-hydrogen) atoms. The Labute approximate surface area is 147 Å². The molecule has 1 aliphatic heterocycles. The number of nitrogens with one attached hydrogen (secondary N) is 3. The highest BCUT2D eigenvalue weighted by Gasteiger charge is 2.14. The minimum absolute atomic E-state index is 0.654. The van der Waals surface area contributed by atoms with Gasteiger partial charge in [0.05, 0.1) is 12.1 Å². The molecule has 0 aliphatic carbocycles. The third-order valence-electron chi connectivity index (χ3n) is 4.78. The van der Waals surface area contributed by atoms with Crippen molar-refractivity contribution in [1.29, 1.82) is 0 Å². The number of ether oxygens (including phenoxy) is 1. The summed E-state index contributed by atoms with van der Waals surface area (Å²) in [6.07, 6.45) is 2.39. The molecule has 5 heteroatoms. The van der Waals surface area contributed by atoms with Crippen LogP contribution in [-0.4, -0.2) is 29.9 Å². The van der Waals surface area contributed by atoms with E-state index in [9.17, 15) is 0 Å². The van der Waals surface area contributed by atoms with Gasteiger partial charge in [0.2, 0.25) is 0 Å². The molecule has 0 atom stereocenters. The molecule has 4 rings (SSSR count). The summed E-state index contributed by atoms with van der Waals surface area (Å²) < 4.78 is 6.00. The number of aromatic nitrogens is 2. The van der Waals surface area contributed by atoms with Gasteiger partial charge in [-0.15, -0.1) is 0 Å². The molecule has 3 N–H and O–H groups in total. The third-order valence-corrected chi connectivity index (χ3v) is 4.78. The summed E-state index contributed by atoms with van der Waals surface area (Å²) in [6, 6.07) is 16.5. The van der Waals surface area contributed by atoms with E-state index >= 15 is 0 Å². The Morgan fingerprint density at radius 1 is 1.08 bits per heavy atom. The van der Waals surface area contributed by atoms with Crippen LogP contribution in [0.1, 0.15) is 18.4 Å². The Hall–Kier alpha value is -2.53. The van der Waals surface area contributed by atoms with Gasteiger partial charge in [0, 0.05) is 18.0 Å². The molecule has 2 aromatic carbocycles. The molecular formula is C20H24N4O. The van der Waals surface area contributed by atoms with Crippen molar-refractivity contribution in [2.75, 3.05) is 25.0 Å². The number of benzene rings is 2. The van der Waals surface area contributed by atoms with E-state index in [-0.39, 0.29) is 0 Å². The Kier molecular flexibility index (Phi) is 4.84. The van der Waals surface area contributed by atoms with Crippen molar-refractivity contribution in [3.63, 3.8) is 0 Å². The van der Waals surface area contributed by atoms with E-state index in [2.05, 4.69) is 39.0 Å². The molecule has 5 nitrogen and oxygen atoms in total. The fraction of sp³-hybridized carbons (Fsp3) is 0.350. The maximum atomic E-state index is 6.00. The lowest BCUT2D eigenvalue weighted by Gasteiger charge is -2.22. The molecule has 1 fully saturated rings. The number of piperidine rings is 1. The monoisotopic (exact) mass is 336 g/mol. The average Bonchev–Trinajstić information content (AvgIpc) is 3.09. The molecule has 0 bridgehead atoms. The summed E-state index contributed by atoms with van der Waals surface area (Å²) in [4.78, 5) is 0. The average molecular weight is 336 g/mol.